The topological polar surface area (TPSA) is 49.3 Å². The molecule has 25 heavy (non-hydrogen) atoms. The Morgan fingerprint density at radius 3 is 2.76 bits per heavy atom. The average Bonchev–Trinajstić information content (AvgIpc) is 3.20. The number of rotatable bonds is 8. The van der Waals surface area contributed by atoms with Crippen molar-refractivity contribution in [3.05, 3.63) is 38.0 Å². The zero-order valence-electron chi connectivity index (χ0n) is 15.5. The second-order valence-electron chi connectivity index (χ2n) is 5.98. The maximum Gasteiger partial charge on any atom is 0.190 e. The molecule has 0 saturated heterocycles. The van der Waals surface area contributed by atoms with Crippen molar-refractivity contribution in [2.24, 2.45) is 10.9 Å². The Hall–Kier alpha value is -0.670. The fourth-order valence-electron chi connectivity index (χ4n) is 2.55. The molecule has 0 aromatic carbocycles. The van der Waals surface area contributed by atoms with Crippen molar-refractivity contribution in [3.63, 3.8) is 0 Å². The van der Waals surface area contributed by atoms with E-state index in [1.54, 1.807) is 0 Å². The van der Waals surface area contributed by atoms with Gasteiger partial charge in [0.25, 0.3) is 0 Å². The van der Waals surface area contributed by atoms with Crippen LogP contribution in [0.4, 0.5) is 0 Å². The minimum Gasteiger partial charge on any atom is -0.356 e. The number of aryl methyl sites for hydroxylation is 2. The third-order valence-corrected chi connectivity index (χ3v) is 5.85. The van der Waals surface area contributed by atoms with Crippen molar-refractivity contribution < 1.29 is 0 Å². The predicted molar refractivity (Wildman–Crippen MR) is 122 cm³/mol. The monoisotopic (exact) mass is 492 g/mol. The Morgan fingerprint density at radius 1 is 1.36 bits per heavy atom. The molecule has 2 aromatic heterocycles. The number of aromatic nitrogens is 1. The molecule has 4 nitrogen and oxygen atoms in total. The van der Waals surface area contributed by atoms with Crippen molar-refractivity contribution in [2.75, 3.05) is 20.1 Å². The number of nitrogens with zero attached hydrogens (tertiary/aromatic N) is 2. The molecule has 1 atom stereocenters. The van der Waals surface area contributed by atoms with Crippen molar-refractivity contribution in [1.82, 2.24) is 15.6 Å². The number of halogens is 1. The van der Waals surface area contributed by atoms with Gasteiger partial charge < -0.3 is 10.6 Å². The molecule has 140 valence electrons. The summed E-state index contributed by atoms with van der Waals surface area (Å²) in [7, 11) is 1.82. The molecule has 0 aliphatic rings. The van der Waals surface area contributed by atoms with E-state index in [-0.39, 0.29) is 24.0 Å². The fourth-order valence-corrected chi connectivity index (χ4v) is 4.44. The summed E-state index contributed by atoms with van der Waals surface area (Å²) in [5.41, 5.74) is 1.24. The molecule has 2 heterocycles. The van der Waals surface area contributed by atoms with Crippen LogP contribution >= 0.6 is 46.7 Å². The minimum atomic E-state index is 0. The van der Waals surface area contributed by atoms with Gasteiger partial charge in [0.05, 0.1) is 10.7 Å². The van der Waals surface area contributed by atoms with Crippen LogP contribution in [0, 0.1) is 12.8 Å². The second-order valence-corrected chi connectivity index (χ2v) is 8.30. The first kappa shape index (κ1) is 22.4. The lowest BCUT2D eigenvalue weighted by Gasteiger charge is -2.15. The molecule has 0 bridgehead atoms. The summed E-state index contributed by atoms with van der Waals surface area (Å²) in [6.07, 6.45) is 3.07. The summed E-state index contributed by atoms with van der Waals surface area (Å²) in [6.45, 7) is 8.36. The van der Waals surface area contributed by atoms with E-state index in [4.69, 9.17) is 0 Å². The highest BCUT2D eigenvalue weighted by molar-refractivity contribution is 14.0. The predicted octanol–water partition coefficient (Wildman–Crippen LogP) is 4.28. The van der Waals surface area contributed by atoms with Crippen LogP contribution in [0.1, 0.15) is 34.3 Å². The highest BCUT2D eigenvalue weighted by atomic mass is 127. The normalized spacial score (nSPS) is 12.6. The number of guanidine groups is 1. The Balaban J connectivity index is 0.00000312. The lowest BCUT2D eigenvalue weighted by atomic mass is 10.1. The Bertz CT molecular complexity index is 638. The fraction of sp³-hybridized carbons (Fsp3) is 0.556. The lowest BCUT2D eigenvalue weighted by molar-refractivity contribution is 0.562. The molecule has 7 heteroatoms. The average molecular weight is 492 g/mol. The Morgan fingerprint density at radius 2 is 2.16 bits per heavy atom. The zero-order chi connectivity index (χ0) is 17.4. The Kier molecular flexibility index (Phi) is 10.6. The molecule has 0 aliphatic carbocycles. The molecule has 0 saturated carbocycles. The summed E-state index contributed by atoms with van der Waals surface area (Å²) in [6, 6.07) is 4.32. The maximum atomic E-state index is 4.69. The van der Waals surface area contributed by atoms with Gasteiger partial charge in [-0.1, -0.05) is 19.9 Å². The standard InChI is InChI=1S/C18H28N4S2.HI/c1-5-16-14(3)24-17(22-16)8-9-20-18(19-4)21-12-13(2)11-15-7-6-10-23-15;/h6-7,10,13H,5,8-9,11-12H2,1-4H3,(H2,19,20,21);1H. The summed E-state index contributed by atoms with van der Waals surface area (Å²) in [5.74, 6) is 1.45. The zero-order valence-corrected chi connectivity index (χ0v) is 19.4. The van der Waals surface area contributed by atoms with E-state index < -0.39 is 0 Å². The van der Waals surface area contributed by atoms with Gasteiger partial charge in [0.1, 0.15) is 0 Å². The molecule has 0 aliphatic heterocycles. The highest BCUT2D eigenvalue weighted by Crippen LogP contribution is 2.18. The molecule has 2 rings (SSSR count). The molecule has 0 spiro atoms. The van der Waals surface area contributed by atoms with Crippen molar-refractivity contribution >= 4 is 52.6 Å². The van der Waals surface area contributed by atoms with Gasteiger partial charge in [0.15, 0.2) is 5.96 Å². The number of aliphatic imine (C=N–C) groups is 1. The van der Waals surface area contributed by atoms with E-state index in [1.807, 2.05) is 29.7 Å². The molecular weight excluding hydrogens is 463 g/mol. The van der Waals surface area contributed by atoms with E-state index in [0.717, 1.165) is 38.3 Å². The van der Waals surface area contributed by atoms with Gasteiger partial charge in [0.2, 0.25) is 0 Å². The van der Waals surface area contributed by atoms with Crippen molar-refractivity contribution in [3.8, 4) is 0 Å². The van der Waals surface area contributed by atoms with Gasteiger partial charge in [-0.15, -0.1) is 46.7 Å². The van der Waals surface area contributed by atoms with Crippen LogP contribution in [0.3, 0.4) is 0 Å². The molecule has 0 radical (unpaired) electrons. The summed E-state index contributed by atoms with van der Waals surface area (Å²) in [5, 5.41) is 10.2. The minimum absolute atomic E-state index is 0. The van der Waals surface area contributed by atoms with E-state index in [9.17, 15) is 0 Å². The third-order valence-electron chi connectivity index (χ3n) is 3.87. The number of thiazole rings is 1. The summed E-state index contributed by atoms with van der Waals surface area (Å²) in [4.78, 5) is 11.8. The summed E-state index contributed by atoms with van der Waals surface area (Å²) >= 11 is 3.64. The van der Waals surface area contributed by atoms with Crippen LogP contribution in [0.2, 0.25) is 0 Å². The number of hydrogen-bond donors (Lipinski definition) is 2. The largest absolute Gasteiger partial charge is 0.356 e. The highest BCUT2D eigenvalue weighted by Gasteiger charge is 2.08. The van der Waals surface area contributed by atoms with Crippen LogP contribution in [0.15, 0.2) is 22.5 Å². The van der Waals surface area contributed by atoms with Gasteiger partial charge in [-0.3, -0.25) is 4.99 Å². The number of thiophene rings is 1. The lowest BCUT2D eigenvalue weighted by Crippen LogP contribution is -2.40. The van der Waals surface area contributed by atoms with E-state index in [1.165, 1.54) is 20.5 Å². The SMILES string of the molecule is CCc1nc(CCNC(=NC)NCC(C)Cc2cccs2)sc1C.I. The molecular formula is C18H29IN4S2. The quantitative estimate of drug-likeness (QED) is 0.329. The van der Waals surface area contributed by atoms with E-state index >= 15 is 0 Å². The van der Waals surface area contributed by atoms with Crippen molar-refractivity contribution in [2.45, 2.75) is 40.0 Å². The number of nitrogens with one attached hydrogen (secondary N) is 2. The first-order valence-corrected chi connectivity index (χ1v) is 10.2. The van der Waals surface area contributed by atoms with E-state index in [2.05, 4.69) is 58.9 Å². The molecule has 2 N–H and O–H groups in total. The second kappa shape index (κ2) is 11.9. The number of hydrogen-bond acceptors (Lipinski definition) is 4. The van der Waals surface area contributed by atoms with Crippen molar-refractivity contribution in [1.29, 1.82) is 0 Å². The smallest absolute Gasteiger partial charge is 0.190 e. The Labute approximate surface area is 176 Å². The molecule has 2 aromatic rings. The first-order valence-electron chi connectivity index (χ1n) is 8.54. The van der Waals surface area contributed by atoms with Crippen LogP contribution < -0.4 is 10.6 Å². The van der Waals surface area contributed by atoms with Crippen LogP contribution in [-0.2, 0) is 19.3 Å². The van der Waals surface area contributed by atoms with Crippen LogP contribution in [0.5, 0.6) is 0 Å². The molecule has 0 amide bonds. The van der Waals surface area contributed by atoms with Crippen LogP contribution in [-0.4, -0.2) is 31.1 Å². The van der Waals surface area contributed by atoms with E-state index in [0.29, 0.717) is 5.92 Å². The van der Waals surface area contributed by atoms with Gasteiger partial charge >= 0.3 is 0 Å². The molecule has 1 unspecified atom stereocenters. The van der Waals surface area contributed by atoms with Gasteiger partial charge in [-0.25, -0.2) is 4.98 Å². The van der Waals surface area contributed by atoms with Gasteiger partial charge in [-0.2, -0.15) is 0 Å². The summed E-state index contributed by atoms with van der Waals surface area (Å²) < 4.78 is 0. The van der Waals surface area contributed by atoms with Gasteiger partial charge in [-0.05, 0) is 37.1 Å². The first-order chi connectivity index (χ1) is 11.6. The van der Waals surface area contributed by atoms with Crippen LogP contribution in [0.25, 0.3) is 0 Å². The molecule has 0 fully saturated rings. The third kappa shape index (κ3) is 7.62. The maximum absolute atomic E-state index is 4.69. The van der Waals surface area contributed by atoms with Gasteiger partial charge in [0, 0.05) is 36.3 Å².